The molecule has 0 bridgehead atoms. The van der Waals surface area contributed by atoms with Crippen molar-refractivity contribution in [3.8, 4) is 0 Å². The van der Waals surface area contributed by atoms with Crippen molar-refractivity contribution in [2.75, 3.05) is 5.32 Å². The van der Waals surface area contributed by atoms with E-state index in [9.17, 15) is 9.18 Å². The number of hydrogen-bond acceptors (Lipinski definition) is 3. The lowest BCUT2D eigenvalue weighted by molar-refractivity contribution is -0.404. The Labute approximate surface area is 151 Å². The summed E-state index contributed by atoms with van der Waals surface area (Å²) in [6.07, 6.45) is 1.66. The molecule has 0 saturated carbocycles. The number of benzene rings is 2. The molecule has 2 unspecified atom stereocenters. The molecule has 0 aliphatic heterocycles. The lowest BCUT2D eigenvalue weighted by Crippen LogP contribution is -2.57. The third-order valence-electron chi connectivity index (χ3n) is 4.30. The van der Waals surface area contributed by atoms with E-state index in [4.69, 9.17) is 0 Å². The average molecular weight is 350 g/mol. The lowest BCUT2D eigenvalue weighted by Gasteiger charge is -2.16. The number of quaternary nitrogens is 1. The predicted molar refractivity (Wildman–Crippen MR) is 99.1 cm³/mol. The summed E-state index contributed by atoms with van der Waals surface area (Å²) in [5, 5.41) is 3.34. The fraction of sp³-hybridized carbons (Fsp3) is 0.143. The number of anilines is 1. The zero-order valence-electron chi connectivity index (χ0n) is 14.5. The van der Waals surface area contributed by atoms with Crippen molar-refractivity contribution in [3.63, 3.8) is 0 Å². The van der Waals surface area contributed by atoms with E-state index in [0.29, 0.717) is 11.4 Å². The van der Waals surface area contributed by atoms with Crippen LogP contribution in [0.1, 0.15) is 40.5 Å². The van der Waals surface area contributed by atoms with Crippen LogP contribution in [0.25, 0.3) is 0 Å². The Morgan fingerprint density at radius 3 is 2.42 bits per heavy atom. The molecule has 5 heteroatoms. The van der Waals surface area contributed by atoms with Gasteiger partial charge in [-0.2, -0.15) is 0 Å². The molecule has 1 aromatic heterocycles. The van der Waals surface area contributed by atoms with E-state index in [-0.39, 0.29) is 17.6 Å². The highest BCUT2D eigenvalue weighted by Crippen LogP contribution is 2.21. The van der Waals surface area contributed by atoms with Crippen LogP contribution < -0.4 is 11.1 Å². The van der Waals surface area contributed by atoms with Crippen molar-refractivity contribution in [3.05, 3.63) is 95.4 Å². The van der Waals surface area contributed by atoms with E-state index in [0.717, 1.165) is 11.1 Å². The van der Waals surface area contributed by atoms with Crippen molar-refractivity contribution in [1.29, 1.82) is 0 Å². The van der Waals surface area contributed by atoms with Crippen molar-refractivity contribution in [2.45, 2.75) is 19.0 Å². The van der Waals surface area contributed by atoms with Gasteiger partial charge < -0.3 is 11.1 Å². The molecule has 0 saturated heterocycles. The Balaban J connectivity index is 1.76. The number of carbonyl (C=O) groups excluding carboxylic acids is 1. The second-order valence-corrected chi connectivity index (χ2v) is 6.17. The molecule has 0 aliphatic rings. The number of halogens is 1. The molecule has 0 amide bonds. The highest BCUT2D eigenvalue weighted by molar-refractivity contribution is 5.99. The van der Waals surface area contributed by atoms with Crippen molar-refractivity contribution in [2.24, 2.45) is 0 Å². The number of aromatic nitrogens is 1. The molecule has 0 spiro atoms. The first-order valence-corrected chi connectivity index (χ1v) is 8.45. The van der Waals surface area contributed by atoms with Crippen molar-refractivity contribution < 1.29 is 14.9 Å². The van der Waals surface area contributed by atoms with Gasteiger partial charge in [0.2, 0.25) is 5.78 Å². The summed E-state index contributed by atoms with van der Waals surface area (Å²) >= 11 is 0. The minimum atomic E-state index is -0.587. The zero-order chi connectivity index (χ0) is 18.5. The Morgan fingerprint density at radius 1 is 1.04 bits per heavy atom. The molecule has 26 heavy (non-hydrogen) atoms. The summed E-state index contributed by atoms with van der Waals surface area (Å²) in [6, 6.07) is 18.7. The van der Waals surface area contributed by atoms with Crippen LogP contribution in [0.4, 0.5) is 10.2 Å². The fourth-order valence-electron chi connectivity index (χ4n) is 2.76. The SMILES string of the molecule is CC(Nc1cc(C([NH3+])C(=O)c2ccc(F)cc2)ccn1)c1ccccc1. The zero-order valence-corrected chi connectivity index (χ0v) is 14.5. The molecule has 0 aliphatic carbocycles. The van der Waals surface area contributed by atoms with Gasteiger partial charge in [0.25, 0.3) is 0 Å². The van der Waals surface area contributed by atoms with Gasteiger partial charge in [0.05, 0.1) is 0 Å². The van der Waals surface area contributed by atoms with Crippen LogP contribution in [0.2, 0.25) is 0 Å². The number of nitrogens with one attached hydrogen (secondary N) is 1. The molecule has 0 radical (unpaired) electrons. The number of nitrogens with zero attached hydrogens (tertiary/aromatic N) is 1. The van der Waals surface area contributed by atoms with Crippen LogP contribution in [0, 0.1) is 5.82 Å². The minimum absolute atomic E-state index is 0.0787. The molecule has 4 nitrogen and oxygen atoms in total. The molecule has 132 valence electrons. The van der Waals surface area contributed by atoms with Crippen LogP contribution in [-0.4, -0.2) is 10.8 Å². The highest BCUT2D eigenvalue weighted by Gasteiger charge is 2.22. The van der Waals surface area contributed by atoms with Gasteiger partial charge in [0, 0.05) is 23.4 Å². The van der Waals surface area contributed by atoms with Gasteiger partial charge >= 0.3 is 0 Å². The number of hydrogen-bond donors (Lipinski definition) is 2. The van der Waals surface area contributed by atoms with E-state index in [1.54, 1.807) is 12.3 Å². The first-order valence-electron chi connectivity index (χ1n) is 8.45. The van der Waals surface area contributed by atoms with Gasteiger partial charge in [-0.05, 0) is 48.9 Å². The van der Waals surface area contributed by atoms with E-state index >= 15 is 0 Å². The van der Waals surface area contributed by atoms with Crippen molar-refractivity contribution >= 4 is 11.6 Å². The Bertz CT molecular complexity index is 881. The first kappa shape index (κ1) is 17.8. The monoisotopic (exact) mass is 350 g/mol. The summed E-state index contributed by atoms with van der Waals surface area (Å²) in [5.74, 6) is 0.158. The predicted octanol–water partition coefficient (Wildman–Crippen LogP) is 3.56. The molecular weight excluding hydrogens is 329 g/mol. The first-order chi connectivity index (χ1) is 12.5. The van der Waals surface area contributed by atoms with Gasteiger partial charge in [-0.1, -0.05) is 30.3 Å². The maximum Gasteiger partial charge on any atom is 0.224 e. The van der Waals surface area contributed by atoms with Crippen LogP contribution in [0.5, 0.6) is 0 Å². The minimum Gasteiger partial charge on any atom is -0.364 e. The third-order valence-corrected chi connectivity index (χ3v) is 4.30. The molecule has 4 N–H and O–H groups in total. The molecule has 3 rings (SSSR count). The summed E-state index contributed by atoms with van der Waals surface area (Å²) in [7, 11) is 0. The van der Waals surface area contributed by atoms with Gasteiger partial charge in [-0.25, -0.2) is 9.37 Å². The summed E-state index contributed by atoms with van der Waals surface area (Å²) in [6.45, 7) is 2.05. The second kappa shape index (κ2) is 7.89. The second-order valence-electron chi connectivity index (χ2n) is 6.17. The average Bonchev–Trinajstić information content (AvgIpc) is 2.68. The molecule has 0 fully saturated rings. The summed E-state index contributed by atoms with van der Waals surface area (Å²) in [5.41, 5.74) is 6.33. The molecule has 3 aromatic rings. The summed E-state index contributed by atoms with van der Waals surface area (Å²) in [4.78, 5) is 16.9. The normalized spacial score (nSPS) is 13.0. The Morgan fingerprint density at radius 2 is 1.73 bits per heavy atom. The number of carbonyl (C=O) groups is 1. The van der Waals surface area contributed by atoms with Gasteiger partial charge in [-0.3, -0.25) is 4.79 Å². The molecule has 2 atom stereocenters. The Hall–Kier alpha value is -3.05. The quantitative estimate of drug-likeness (QED) is 0.668. The topological polar surface area (TPSA) is 69.6 Å². The number of pyridine rings is 1. The molecular formula is C21H21FN3O+. The number of ketones is 1. The van der Waals surface area contributed by atoms with E-state index in [1.807, 2.05) is 36.4 Å². The van der Waals surface area contributed by atoms with Gasteiger partial charge in [0.15, 0.2) is 6.04 Å². The van der Waals surface area contributed by atoms with Crippen LogP contribution in [0.15, 0.2) is 72.9 Å². The summed E-state index contributed by atoms with van der Waals surface area (Å²) < 4.78 is 13.0. The van der Waals surface area contributed by atoms with Gasteiger partial charge in [-0.15, -0.1) is 0 Å². The standard InChI is InChI=1S/C21H20FN3O/c1-14(15-5-3-2-4-6-15)25-19-13-17(11-12-24-19)20(23)21(26)16-7-9-18(22)10-8-16/h2-14,20H,23H2,1H3,(H,24,25)/p+1. The van der Waals surface area contributed by atoms with Crippen LogP contribution in [0.3, 0.4) is 0 Å². The van der Waals surface area contributed by atoms with Gasteiger partial charge in [0.1, 0.15) is 11.6 Å². The van der Waals surface area contributed by atoms with E-state index in [2.05, 4.69) is 23.0 Å². The van der Waals surface area contributed by atoms with Crippen molar-refractivity contribution in [1.82, 2.24) is 4.98 Å². The maximum absolute atomic E-state index is 13.0. The molecule has 1 heterocycles. The van der Waals surface area contributed by atoms with E-state index in [1.165, 1.54) is 24.3 Å². The lowest BCUT2D eigenvalue weighted by atomic mass is 9.99. The maximum atomic E-state index is 13.0. The van der Waals surface area contributed by atoms with Crippen LogP contribution >= 0.6 is 0 Å². The smallest absolute Gasteiger partial charge is 0.224 e. The number of rotatable bonds is 6. The molecule has 2 aromatic carbocycles. The van der Waals surface area contributed by atoms with E-state index < -0.39 is 6.04 Å². The highest BCUT2D eigenvalue weighted by atomic mass is 19.1. The largest absolute Gasteiger partial charge is 0.364 e. The third kappa shape index (κ3) is 4.13. The fourth-order valence-corrected chi connectivity index (χ4v) is 2.76. The van der Waals surface area contributed by atoms with Crippen LogP contribution in [-0.2, 0) is 0 Å². The number of Topliss-reactive ketones (excluding diaryl/α,β-unsaturated/α-hetero) is 1. The Kier molecular flexibility index (Phi) is 5.39.